The fourth-order valence-corrected chi connectivity index (χ4v) is 4.91. The van der Waals surface area contributed by atoms with E-state index >= 15 is 0 Å². The largest absolute Gasteiger partial charge is 0.377 e. The molecule has 2 aliphatic rings. The van der Waals surface area contributed by atoms with Gasteiger partial charge in [0.1, 0.15) is 0 Å². The first-order valence-electron chi connectivity index (χ1n) is 12.4. The number of hydrogen-bond donors (Lipinski definition) is 0. The molecular weight excluding hydrogens is 426 g/mol. The van der Waals surface area contributed by atoms with E-state index in [0.717, 1.165) is 30.0 Å². The highest BCUT2D eigenvalue weighted by Gasteiger charge is 2.23. The van der Waals surface area contributed by atoms with Crippen LogP contribution in [0.25, 0.3) is 11.1 Å². The van der Waals surface area contributed by atoms with Crippen LogP contribution < -0.4 is 4.90 Å². The van der Waals surface area contributed by atoms with Crippen LogP contribution in [0.5, 0.6) is 0 Å². The highest BCUT2D eigenvalue weighted by atomic mass is 15.1. The minimum Gasteiger partial charge on any atom is -0.377 e. The Morgan fingerprint density at radius 2 is 1.80 bits per heavy atom. The normalized spacial score (nSPS) is 17.1. The zero-order chi connectivity index (χ0) is 24.4. The maximum Gasteiger partial charge on any atom is 0.155 e. The van der Waals surface area contributed by atoms with Gasteiger partial charge in [-0.2, -0.15) is 0 Å². The lowest BCUT2D eigenvalue weighted by atomic mass is 9.96. The second-order valence-corrected chi connectivity index (χ2v) is 9.81. The number of rotatable bonds is 5. The van der Waals surface area contributed by atoms with Crippen molar-refractivity contribution in [3.05, 3.63) is 113 Å². The van der Waals surface area contributed by atoms with Crippen molar-refractivity contribution in [3.63, 3.8) is 0 Å². The monoisotopic (exact) mass is 459 g/mol. The maximum absolute atomic E-state index is 5.07. The molecule has 0 saturated carbocycles. The van der Waals surface area contributed by atoms with E-state index in [4.69, 9.17) is 9.98 Å². The van der Waals surface area contributed by atoms with Crippen LogP contribution in [-0.2, 0) is 13.0 Å². The van der Waals surface area contributed by atoms with Gasteiger partial charge >= 0.3 is 0 Å². The van der Waals surface area contributed by atoms with Gasteiger partial charge in [0.25, 0.3) is 0 Å². The number of allylic oxidation sites excluding steroid dienone is 4. The molecule has 0 radical (unpaired) electrons. The van der Waals surface area contributed by atoms with Gasteiger partial charge in [-0.05, 0) is 65.6 Å². The first-order valence-corrected chi connectivity index (χ1v) is 12.4. The van der Waals surface area contributed by atoms with Crippen molar-refractivity contribution in [1.82, 2.24) is 0 Å². The summed E-state index contributed by atoms with van der Waals surface area (Å²) < 4.78 is 0. The number of amidine groups is 1. The van der Waals surface area contributed by atoms with Crippen LogP contribution in [0, 0.1) is 5.92 Å². The van der Waals surface area contributed by atoms with Crippen molar-refractivity contribution in [2.24, 2.45) is 15.9 Å². The van der Waals surface area contributed by atoms with Gasteiger partial charge in [-0.15, -0.1) is 0 Å². The van der Waals surface area contributed by atoms with E-state index in [-0.39, 0.29) is 0 Å². The standard InChI is InChI=1S/C32H33N3/c1-22-13-15-25(16-14-22)23(2)34-32(33-21-24-9-6-5-7-10-24)27-17-18-29-28(20-27)19-26-11-8-12-30(31(26)29)35(3)4/h5-13,15-18,20,22H,14,19,21H2,1-4H3. The van der Waals surface area contributed by atoms with Crippen molar-refractivity contribution in [2.45, 2.75) is 33.2 Å². The van der Waals surface area contributed by atoms with E-state index in [9.17, 15) is 0 Å². The number of benzene rings is 3. The highest BCUT2D eigenvalue weighted by Crippen LogP contribution is 2.42. The molecule has 35 heavy (non-hydrogen) atoms. The number of fused-ring (bicyclic) bond motifs is 3. The predicted molar refractivity (Wildman–Crippen MR) is 150 cm³/mol. The zero-order valence-corrected chi connectivity index (χ0v) is 21.1. The van der Waals surface area contributed by atoms with Crippen molar-refractivity contribution in [3.8, 4) is 11.1 Å². The molecular formula is C32H33N3. The topological polar surface area (TPSA) is 28.0 Å². The first-order chi connectivity index (χ1) is 17.0. The molecule has 5 rings (SSSR count). The van der Waals surface area contributed by atoms with E-state index in [1.165, 1.54) is 39.1 Å². The Balaban J connectivity index is 1.53. The third-order valence-corrected chi connectivity index (χ3v) is 6.88. The molecule has 1 unspecified atom stereocenters. The van der Waals surface area contributed by atoms with Gasteiger partial charge in [0.2, 0.25) is 0 Å². The summed E-state index contributed by atoms with van der Waals surface area (Å²) in [5.41, 5.74) is 11.1. The van der Waals surface area contributed by atoms with Crippen LogP contribution in [0.2, 0.25) is 0 Å². The number of hydrogen-bond acceptors (Lipinski definition) is 2. The predicted octanol–water partition coefficient (Wildman–Crippen LogP) is 7.25. The molecule has 2 aliphatic carbocycles. The van der Waals surface area contributed by atoms with Gasteiger partial charge < -0.3 is 4.90 Å². The van der Waals surface area contributed by atoms with E-state index in [0.29, 0.717) is 12.5 Å². The van der Waals surface area contributed by atoms with Crippen molar-refractivity contribution in [2.75, 3.05) is 19.0 Å². The molecule has 0 saturated heterocycles. The van der Waals surface area contributed by atoms with Crippen LogP contribution in [0.15, 0.2) is 101 Å². The molecule has 1 atom stereocenters. The van der Waals surface area contributed by atoms with Crippen LogP contribution in [-0.4, -0.2) is 25.6 Å². The number of nitrogens with zero attached hydrogens (tertiary/aromatic N) is 3. The van der Waals surface area contributed by atoms with Gasteiger partial charge in [-0.3, -0.25) is 4.99 Å². The minimum atomic E-state index is 0.586. The summed E-state index contributed by atoms with van der Waals surface area (Å²) in [6.07, 6.45) is 8.76. The summed E-state index contributed by atoms with van der Waals surface area (Å²) in [4.78, 5) is 12.3. The Morgan fingerprint density at radius 1 is 0.971 bits per heavy atom. The maximum atomic E-state index is 5.07. The van der Waals surface area contributed by atoms with Gasteiger partial charge in [0.05, 0.1) is 6.54 Å². The fourth-order valence-electron chi connectivity index (χ4n) is 4.91. The molecule has 0 aliphatic heterocycles. The Bertz CT molecular complexity index is 1360. The Labute approximate surface area is 209 Å². The summed E-state index contributed by atoms with van der Waals surface area (Å²) in [5.74, 6) is 1.38. The van der Waals surface area contributed by atoms with Gasteiger partial charge in [0, 0.05) is 36.6 Å². The molecule has 176 valence electrons. The van der Waals surface area contributed by atoms with Gasteiger partial charge in [-0.1, -0.05) is 79.7 Å². The molecule has 0 N–H and O–H groups in total. The lowest BCUT2D eigenvalue weighted by Gasteiger charge is -2.17. The van der Waals surface area contributed by atoms with Crippen LogP contribution in [0.4, 0.5) is 5.69 Å². The average Bonchev–Trinajstić information content (AvgIpc) is 3.25. The van der Waals surface area contributed by atoms with Crippen LogP contribution in [0.3, 0.4) is 0 Å². The molecule has 0 heterocycles. The lowest BCUT2D eigenvalue weighted by molar-refractivity contribution is 0.734. The minimum absolute atomic E-state index is 0.586. The Kier molecular flexibility index (Phi) is 6.50. The van der Waals surface area contributed by atoms with E-state index in [2.05, 4.69) is 112 Å². The number of aliphatic imine (C=N–C) groups is 2. The molecule has 0 amide bonds. The summed E-state index contributed by atoms with van der Waals surface area (Å²) in [5, 5.41) is 0. The average molecular weight is 460 g/mol. The molecule has 3 aromatic carbocycles. The quantitative estimate of drug-likeness (QED) is 0.228. The van der Waals surface area contributed by atoms with E-state index < -0.39 is 0 Å². The second kappa shape index (κ2) is 9.87. The summed E-state index contributed by atoms with van der Waals surface area (Å²) in [6, 6.07) is 23.8. The fraction of sp³-hybridized carbons (Fsp3) is 0.250. The third kappa shape index (κ3) is 4.90. The smallest absolute Gasteiger partial charge is 0.155 e. The van der Waals surface area contributed by atoms with Crippen molar-refractivity contribution < 1.29 is 0 Å². The van der Waals surface area contributed by atoms with Crippen LogP contribution >= 0.6 is 0 Å². The molecule has 3 aromatic rings. The van der Waals surface area contributed by atoms with E-state index in [1.807, 2.05) is 6.07 Å². The third-order valence-electron chi connectivity index (χ3n) is 6.88. The second-order valence-electron chi connectivity index (χ2n) is 9.81. The molecule has 3 heteroatoms. The Hall–Kier alpha value is -3.72. The zero-order valence-electron chi connectivity index (χ0n) is 21.1. The van der Waals surface area contributed by atoms with Crippen LogP contribution in [0.1, 0.15) is 42.5 Å². The first kappa shape index (κ1) is 23.0. The Morgan fingerprint density at radius 3 is 2.54 bits per heavy atom. The number of anilines is 1. The summed E-state index contributed by atoms with van der Waals surface area (Å²) >= 11 is 0. The van der Waals surface area contributed by atoms with Crippen molar-refractivity contribution >= 4 is 17.2 Å². The van der Waals surface area contributed by atoms with Gasteiger partial charge in [-0.25, -0.2) is 4.99 Å². The molecule has 3 nitrogen and oxygen atoms in total. The van der Waals surface area contributed by atoms with Crippen molar-refractivity contribution in [1.29, 1.82) is 0 Å². The molecule has 0 spiro atoms. The molecule has 0 fully saturated rings. The molecule has 0 bridgehead atoms. The SMILES string of the molecule is CC(=NC(=NCc1ccccc1)c1ccc2c(c1)Cc1cccc(N(C)C)c1-2)C1=CCC(C)C=C1. The van der Waals surface area contributed by atoms with E-state index in [1.54, 1.807) is 0 Å². The lowest BCUT2D eigenvalue weighted by Crippen LogP contribution is -2.10. The highest BCUT2D eigenvalue weighted by molar-refractivity contribution is 6.12. The summed E-state index contributed by atoms with van der Waals surface area (Å²) in [7, 11) is 4.23. The van der Waals surface area contributed by atoms with Gasteiger partial charge in [0.15, 0.2) is 5.84 Å². The summed E-state index contributed by atoms with van der Waals surface area (Å²) in [6.45, 7) is 4.95. The molecule has 0 aromatic heterocycles.